The zero-order valence-electron chi connectivity index (χ0n) is 15.6. The molecule has 1 atom stereocenters. The molecule has 0 aliphatic carbocycles. The zero-order valence-corrected chi connectivity index (χ0v) is 15.6. The Hall–Kier alpha value is -1.75. The van der Waals surface area contributed by atoms with E-state index in [1.807, 2.05) is 17.0 Å². The van der Waals surface area contributed by atoms with Crippen molar-refractivity contribution in [2.45, 2.75) is 26.2 Å². The molecule has 0 unspecified atom stereocenters. The number of anilines is 1. The Kier molecular flexibility index (Phi) is 6.19. The van der Waals surface area contributed by atoms with Gasteiger partial charge in [-0.2, -0.15) is 0 Å². The average molecular weight is 345 g/mol. The number of piperidine rings is 1. The van der Waals surface area contributed by atoms with Gasteiger partial charge in [-0.15, -0.1) is 0 Å². The number of piperazine rings is 1. The largest absolute Gasteiger partial charge is 0.497 e. The van der Waals surface area contributed by atoms with Crippen LogP contribution in [0, 0.1) is 5.92 Å². The third kappa shape index (κ3) is 4.88. The highest BCUT2D eigenvalue weighted by Gasteiger charge is 2.23. The molecule has 25 heavy (non-hydrogen) atoms. The van der Waals surface area contributed by atoms with E-state index < -0.39 is 0 Å². The number of nitrogens with zero attached hydrogens (tertiary/aromatic N) is 3. The summed E-state index contributed by atoms with van der Waals surface area (Å²) in [4.78, 5) is 19.3. The molecule has 2 aliphatic rings. The second-order valence-corrected chi connectivity index (χ2v) is 7.36. The predicted octanol–water partition coefficient (Wildman–Crippen LogP) is 2.47. The Bertz CT molecular complexity index is 553. The first kappa shape index (κ1) is 18.1. The van der Waals surface area contributed by atoms with Gasteiger partial charge in [0, 0.05) is 51.4 Å². The normalized spacial score (nSPS) is 22.1. The summed E-state index contributed by atoms with van der Waals surface area (Å²) in [6.07, 6.45) is 3.27. The molecule has 0 bridgehead atoms. The molecule has 5 heteroatoms. The Morgan fingerprint density at radius 2 is 1.84 bits per heavy atom. The van der Waals surface area contributed by atoms with Gasteiger partial charge in [-0.3, -0.25) is 4.79 Å². The molecule has 2 aliphatic heterocycles. The first-order valence-corrected chi connectivity index (χ1v) is 9.55. The molecule has 0 aromatic heterocycles. The van der Waals surface area contributed by atoms with E-state index in [1.165, 1.54) is 18.5 Å². The van der Waals surface area contributed by atoms with Crippen molar-refractivity contribution in [3.05, 3.63) is 24.3 Å². The lowest BCUT2D eigenvalue weighted by Crippen LogP contribution is -2.49. The standard InChI is InChI=1S/C20H31N3O2/c1-17-4-3-10-21(16-17)11-9-20(24)23-14-12-22(13-15-23)18-5-7-19(25-2)8-6-18/h5-8,17H,3-4,9-16H2,1-2H3/t17-/m0/s1. The first-order valence-electron chi connectivity index (χ1n) is 9.55. The Morgan fingerprint density at radius 1 is 1.12 bits per heavy atom. The van der Waals surface area contributed by atoms with E-state index >= 15 is 0 Å². The number of ether oxygens (including phenoxy) is 1. The SMILES string of the molecule is COc1ccc(N2CCN(C(=O)CCN3CCC[C@H](C)C3)CC2)cc1. The van der Waals surface area contributed by atoms with Crippen molar-refractivity contribution in [1.82, 2.24) is 9.80 Å². The zero-order chi connectivity index (χ0) is 17.6. The molecule has 5 nitrogen and oxygen atoms in total. The van der Waals surface area contributed by atoms with Crippen LogP contribution >= 0.6 is 0 Å². The lowest BCUT2D eigenvalue weighted by Gasteiger charge is -2.37. The van der Waals surface area contributed by atoms with Gasteiger partial charge in [0.1, 0.15) is 5.75 Å². The maximum absolute atomic E-state index is 12.5. The summed E-state index contributed by atoms with van der Waals surface area (Å²) >= 11 is 0. The molecule has 1 aromatic carbocycles. The van der Waals surface area contributed by atoms with E-state index in [2.05, 4.69) is 28.9 Å². The molecular weight excluding hydrogens is 314 g/mol. The summed E-state index contributed by atoms with van der Waals surface area (Å²) in [5.74, 6) is 1.97. The van der Waals surface area contributed by atoms with Crippen molar-refractivity contribution in [3.8, 4) is 5.75 Å². The van der Waals surface area contributed by atoms with Gasteiger partial charge >= 0.3 is 0 Å². The van der Waals surface area contributed by atoms with Crippen molar-refractivity contribution in [3.63, 3.8) is 0 Å². The van der Waals surface area contributed by atoms with Crippen LogP contribution in [-0.2, 0) is 4.79 Å². The Labute approximate surface area is 151 Å². The van der Waals surface area contributed by atoms with E-state index in [1.54, 1.807) is 7.11 Å². The Morgan fingerprint density at radius 3 is 2.48 bits per heavy atom. The maximum atomic E-state index is 12.5. The smallest absolute Gasteiger partial charge is 0.223 e. The van der Waals surface area contributed by atoms with E-state index in [-0.39, 0.29) is 0 Å². The molecule has 2 fully saturated rings. The van der Waals surface area contributed by atoms with Crippen LogP contribution in [0.2, 0.25) is 0 Å². The molecule has 0 N–H and O–H groups in total. The van der Waals surface area contributed by atoms with Gasteiger partial charge in [0.25, 0.3) is 0 Å². The van der Waals surface area contributed by atoms with E-state index in [0.29, 0.717) is 12.3 Å². The lowest BCUT2D eigenvalue weighted by molar-refractivity contribution is -0.131. The summed E-state index contributed by atoms with van der Waals surface area (Å²) < 4.78 is 5.21. The number of amides is 1. The van der Waals surface area contributed by atoms with Gasteiger partial charge in [0.05, 0.1) is 7.11 Å². The molecule has 2 saturated heterocycles. The van der Waals surface area contributed by atoms with Crippen LogP contribution in [0.25, 0.3) is 0 Å². The average Bonchev–Trinajstić information content (AvgIpc) is 2.66. The van der Waals surface area contributed by atoms with E-state index in [9.17, 15) is 4.79 Å². The van der Waals surface area contributed by atoms with Crippen LogP contribution in [0.3, 0.4) is 0 Å². The molecule has 0 spiro atoms. The van der Waals surface area contributed by atoms with Gasteiger partial charge in [0.15, 0.2) is 0 Å². The fourth-order valence-electron chi connectivity index (χ4n) is 3.91. The van der Waals surface area contributed by atoms with Gasteiger partial charge in [-0.25, -0.2) is 0 Å². The lowest BCUT2D eigenvalue weighted by atomic mass is 10.0. The second kappa shape index (κ2) is 8.56. The van der Waals surface area contributed by atoms with Crippen molar-refractivity contribution >= 4 is 11.6 Å². The van der Waals surface area contributed by atoms with Gasteiger partial charge < -0.3 is 19.4 Å². The molecule has 1 aromatic rings. The van der Waals surface area contributed by atoms with Crippen LogP contribution in [0.5, 0.6) is 5.75 Å². The van der Waals surface area contributed by atoms with Gasteiger partial charge in [-0.05, 0) is 49.6 Å². The Balaban J connectivity index is 1.42. The molecule has 3 rings (SSSR count). The topological polar surface area (TPSA) is 36.0 Å². The van der Waals surface area contributed by atoms with Crippen molar-refractivity contribution < 1.29 is 9.53 Å². The fraction of sp³-hybridized carbons (Fsp3) is 0.650. The highest BCUT2D eigenvalue weighted by Crippen LogP contribution is 2.21. The molecule has 0 radical (unpaired) electrons. The number of hydrogen-bond donors (Lipinski definition) is 0. The number of benzene rings is 1. The van der Waals surface area contributed by atoms with E-state index in [4.69, 9.17) is 4.74 Å². The number of carbonyl (C=O) groups excluding carboxylic acids is 1. The minimum Gasteiger partial charge on any atom is -0.497 e. The number of carbonyl (C=O) groups is 1. The maximum Gasteiger partial charge on any atom is 0.223 e. The highest BCUT2D eigenvalue weighted by molar-refractivity contribution is 5.76. The van der Waals surface area contributed by atoms with Crippen molar-refractivity contribution in [1.29, 1.82) is 0 Å². The van der Waals surface area contributed by atoms with E-state index in [0.717, 1.165) is 57.5 Å². The third-order valence-corrected chi connectivity index (χ3v) is 5.45. The van der Waals surface area contributed by atoms with Gasteiger partial charge in [-0.1, -0.05) is 6.92 Å². The van der Waals surface area contributed by atoms with Crippen molar-refractivity contribution in [2.75, 3.05) is 57.8 Å². The number of likely N-dealkylation sites (tertiary alicyclic amines) is 1. The van der Waals surface area contributed by atoms with Crippen LogP contribution in [0.1, 0.15) is 26.2 Å². The summed E-state index contributed by atoms with van der Waals surface area (Å²) in [7, 11) is 1.68. The summed E-state index contributed by atoms with van der Waals surface area (Å²) in [6.45, 7) is 8.98. The third-order valence-electron chi connectivity index (χ3n) is 5.45. The number of hydrogen-bond acceptors (Lipinski definition) is 4. The number of methoxy groups -OCH3 is 1. The molecule has 1 amide bonds. The first-order chi connectivity index (χ1) is 12.2. The summed E-state index contributed by atoms with van der Waals surface area (Å²) in [5, 5.41) is 0. The highest BCUT2D eigenvalue weighted by atomic mass is 16.5. The van der Waals surface area contributed by atoms with Crippen LogP contribution < -0.4 is 9.64 Å². The van der Waals surface area contributed by atoms with Gasteiger partial charge in [0.2, 0.25) is 5.91 Å². The quantitative estimate of drug-likeness (QED) is 0.821. The molecule has 0 saturated carbocycles. The fourth-order valence-corrected chi connectivity index (χ4v) is 3.91. The molecular formula is C20H31N3O2. The summed E-state index contributed by atoms with van der Waals surface area (Å²) in [6, 6.07) is 8.17. The second-order valence-electron chi connectivity index (χ2n) is 7.36. The van der Waals surface area contributed by atoms with Crippen molar-refractivity contribution in [2.24, 2.45) is 5.92 Å². The minimum absolute atomic E-state index is 0.313. The van der Waals surface area contributed by atoms with Crippen LogP contribution in [-0.4, -0.2) is 68.6 Å². The molecule has 138 valence electrons. The summed E-state index contributed by atoms with van der Waals surface area (Å²) in [5.41, 5.74) is 1.20. The number of rotatable bonds is 5. The monoisotopic (exact) mass is 345 g/mol. The van der Waals surface area contributed by atoms with Crippen LogP contribution in [0.4, 0.5) is 5.69 Å². The van der Waals surface area contributed by atoms with Crippen LogP contribution in [0.15, 0.2) is 24.3 Å². The molecule has 2 heterocycles. The minimum atomic E-state index is 0.313. The predicted molar refractivity (Wildman–Crippen MR) is 101 cm³/mol.